The van der Waals surface area contributed by atoms with Gasteiger partial charge in [-0.3, -0.25) is 0 Å². The average molecular weight is 471 g/mol. The van der Waals surface area contributed by atoms with Crippen LogP contribution in [0.3, 0.4) is 0 Å². The molecule has 0 radical (unpaired) electrons. The number of nitrogens with zero attached hydrogens (tertiary/aromatic N) is 3. The minimum Gasteiger partial charge on any atom is -0.444 e. The molecule has 1 heterocycles. The Kier molecular flexibility index (Phi) is 9.64. The van der Waals surface area contributed by atoms with Crippen molar-refractivity contribution < 1.29 is 4.42 Å². The largest absolute Gasteiger partial charge is 0.444 e. The van der Waals surface area contributed by atoms with Crippen molar-refractivity contribution >= 4 is 29.9 Å². The van der Waals surface area contributed by atoms with Crippen LogP contribution < -0.4 is 10.6 Å². The van der Waals surface area contributed by atoms with Crippen LogP contribution in [-0.2, 0) is 6.54 Å². The maximum atomic E-state index is 5.59. The minimum atomic E-state index is 0. The van der Waals surface area contributed by atoms with Gasteiger partial charge >= 0.3 is 0 Å². The molecule has 6 nitrogen and oxygen atoms in total. The van der Waals surface area contributed by atoms with Gasteiger partial charge in [-0.2, -0.15) is 0 Å². The standard InChI is InChI=1S/C19H29N5O.HI/c1-6-20-19(22-13-18-23-14(2)15(3)25-18)21-12-17(24(4)5)16-10-8-7-9-11-16;/h7-11,17H,6,12-13H2,1-5H3,(H2,20,21,22);1H. The molecule has 0 aliphatic carbocycles. The lowest BCUT2D eigenvalue weighted by atomic mass is 10.1. The Morgan fingerprint density at radius 3 is 2.42 bits per heavy atom. The van der Waals surface area contributed by atoms with E-state index in [9.17, 15) is 0 Å². The zero-order valence-electron chi connectivity index (χ0n) is 16.2. The number of oxazole rings is 1. The highest BCUT2D eigenvalue weighted by atomic mass is 127. The summed E-state index contributed by atoms with van der Waals surface area (Å²) in [4.78, 5) is 11.2. The third-order valence-electron chi connectivity index (χ3n) is 4.06. The third kappa shape index (κ3) is 6.60. The Balaban J connectivity index is 0.00000338. The van der Waals surface area contributed by atoms with Gasteiger partial charge in [-0.05, 0) is 40.4 Å². The molecular formula is C19H30IN5O. The van der Waals surface area contributed by atoms with E-state index in [-0.39, 0.29) is 30.0 Å². The number of rotatable bonds is 7. The number of nitrogens with one attached hydrogen (secondary N) is 2. The molecule has 0 fully saturated rings. The molecule has 0 aliphatic heterocycles. The fourth-order valence-electron chi connectivity index (χ4n) is 2.56. The number of halogens is 1. The summed E-state index contributed by atoms with van der Waals surface area (Å²) in [6.45, 7) is 7.89. The number of benzene rings is 1. The molecule has 144 valence electrons. The molecule has 1 aromatic heterocycles. The van der Waals surface area contributed by atoms with Crippen molar-refractivity contribution in [3.63, 3.8) is 0 Å². The van der Waals surface area contributed by atoms with Crippen LogP contribution in [-0.4, -0.2) is 43.0 Å². The molecule has 1 unspecified atom stereocenters. The number of hydrogen-bond donors (Lipinski definition) is 2. The Bertz CT molecular complexity index is 665. The summed E-state index contributed by atoms with van der Waals surface area (Å²) in [5, 5.41) is 6.69. The fraction of sp³-hybridized carbons (Fsp3) is 0.474. The Morgan fingerprint density at radius 1 is 1.19 bits per heavy atom. The van der Waals surface area contributed by atoms with E-state index >= 15 is 0 Å². The van der Waals surface area contributed by atoms with Crippen molar-refractivity contribution in [3.8, 4) is 0 Å². The second-order valence-corrected chi connectivity index (χ2v) is 6.22. The highest BCUT2D eigenvalue weighted by molar-refractivity contribution is 14.0. The van der Waals surface area contributed by atoms with Gasteiger partial charge in [-0.15, -0.1) is 24.0 Å². The van der Waals surface area contributed by atoms with E-state index in [4.69, 9.17) is 4.42 Å². The van der Waals surface area contributed by atoms with Crippen molar-refractivity contribution in [1.82, 2.24) is 20.5 Å². The monoisotopic (exact) mass is 471 g/mol. The first-order valence-corrected chi connectivity index (χ1v) is 8.67. The van der Waals surface area contributed by atoms with Crippen LogP contribution in [0.1, 0.15) is 35.9 Å². The van der Waals surface area contributed by atoms with E-state index in [2.05, 4.69) is 70.8 Å². The minimum absolute atomic E-state index is 0. The molecular weight excluding hydrogens is 441 g/mol. The molecule has 2 aromatic rings. The van der Waals surface area contributed by atoms with Gasteiger partial charge in [-0.25, -0.2) is 9.98 Å². The molecule has 2 rings (SSSR count). The lowest BCUT2D eigenvalue weighted by molar-refractivity contribution is 0.298. The first kappa shape index (κ1) is 22.4. The van der Waals surface area contributed by atoms with Crippen LogP contribution in [0.5, 0.6) is 0 Å². The number of likely N-dealkylation sites (N-methyl/N-ethyl adjacent to an activating group) is 1. The molecule has 0 spiro atoms. The number of aromatic nitrogens is 1. The molecule has 26 heavy (non-hydrogen) atoms. The quantitative estimate of drug-likeness (QED) is 0.369. The van der Waals surface area contributed by atoms with Gasteiger partial charge in [0.15, 0.2) is 5.96 Å². The van der Waals surface area contributed by atoms with Crippen LogP contribution in [0.15, 0.2) is 39.7 Å². The average Bonchev–Trinajstić information content (AvgIpc) is 2.91. The van der Waals surface area contributed by atoms with Gasteiger partial charge in [0.25, 0.3) is 0 Å². The maximum Gasteiger partial charge on any atom is 0.216 e. The highest BCUT2D eigenvalue weighted by Crippen LogP contribution is 2.16. The predicted molar refractivity (Wildman–Crippen MR) is 117 cm³/mol. The van der Waals surface area contributed by atoms with Crippen molar-refractivity contribution in [1.29, 1.82) is 0 Å². The van der Waals surface area contributed by atoms with E-state index in [0.29, 0.717) is 12.4 Å². The zero-order chi connectivity index (χ0) is 18.2. The SMILES string of the molecule is CCNC(=NCc1nc(C)c(C)o1)NCC(c1ccccc1)N(C)C.I. The summed E-state index contributed by atoms with van der Waals surface area (Å²) in [6.07, 6.45) is 0. The normalized spacial score (nSPS) is 12.6. The first-order chi connectivity index (χ1) is 12.0. The van der Waals surface area contributed by atoms with Crippen molar-refractivity contribution in [2.24, 2.45) is 4.99 Å². The van der Waals surface area contributed by atoms with Crippen molar-refractivity contribution in [3.05, 3.63) is 53.2 Å². The van der Waals surface area contributed by atoms with E-state index in [1.165, 1.54) is 5.56 Å². The first-order valence-electron chi connectivity index (χ1n) is 8.67. The summed E-state index contributed by atoms with van der Waals surface area (Å²) in [6, 6.07) is 10.7. The highest BCUT2D eigenvalue weighted by Gasteiger charge is 2.14. The molecule has 2 N–H and O–H groups in total. The molecule has 7 heteroatoms. The Morgan fingerprint density at radius 2 is 1.88 bits per heavy atom. The lowest BCUT2D eigenvalue weighted by Gasteiger charge is -2.26. The number of aryl methyl sites for hydroxylation is 2. The smallest absolute Gasteiger partial charge is 0.216 e. The van der Waals surface area contributed by atoms with E-state index in [1.807, 2.05) is 19.9 Å². The number of hydrogen-bond acceptors (Lipinski definition) is 4. The van der Waals surface area contributed by atoms with Crippen LogP contribution in [0, 0.1) is 13.8 Å². The number of aliphatic imine (C=N–C) groups is 1. The molecule has 0 aliphatic rings. The van der Waals surface area contributed by atoms with E-state index in [0.717, 1.165) is 30.5 Å². The van der Waals surface area contributed by atoms with Gasteiger partial charge in [0, 0.05) is 13.1 Å². The molecule has 1 aromatic carbocycles. The van der Waals surface area contributed by atoms with Crippen molar-refractivity contribution in [2.45, 2.75) is 33.4 Å². The lowest BCUT2D eigenvalue weighted by Crippen LogP contribution is -2.41. The zero-order valence-corrected chi connectivity index (χ0v) is 18.6. The van der Waals surface area contributed by atoms with Crippen LogP contribution >= 0.6 is 24.0 Å². The van der Waals surface area contributed by atoms with Crippen molar-refractivity contribution in [2.75, 3.05) is 27.2 Å². The van der Waals surface area contributed by atoms with Gasteiger partial charge in [0.05, 0.1) is 11.7 Å². The predicted octanol–water partition coefficient (Wildman–Crippen LogP) is 3.27. The summed E-state index contributed by atoms with van der Waals surface area (Å²) in [5.41, 5.74) is 2.19. The second kappa shape index (κ2) is 11.2. The van der Waals surface area contributed by atoms with Gasteiger partial charge in [-0.1, -0.05) is 30.3 Å². The van der Waals surface area contributed by atoms with Gasteiger partial charge in [0.2, 0.25) is 5.89 Å². The molecule has 0 bridgehead atoms. The van der Waals surface area contributed by atoms with Crippen LogP contribution in [0.25, 0.3) is 0 Å². The number of guanidine groups is 1. The fourth-order valence-corrected chi connectivity index (χ4v) is 2.56. The van der Waals surface area contributed by atoms with Gasteiger partial charge in [0.1, 0.15) is 12.3 Å². The van der Waals surface area contributed by atoms with E-state index < -0.39 is 0 Å². The third-order valence-corrected chi connectivity index (χ3v) is 4.06. The van der Waals surface area contributed by atoms with Gasteiger partial charge < -0.3 is 20.0 Å². The maximum absolute atomic E-state index is 5.59. The summed E-state index contributed by atoms with van der Waals surface area (Å²) >= 11 is 0. The van der Waals surface area contributed by atoms with E-state index in [1.54, 1.807) is 0 Å². The summed E-state index contributed by atoms with van der Waals surface area (Å²) < 4.78 is 5.59. The summed E-state index contributed by atoms with van der Waals surface area (Å²) in [7, 11) is 4.17. The van der Waals surface area contributed by atoms with Crippen LogP contribution in [0.2, 0.25) is 0 Å². The summed E-state index contributed by atoms with van der Waals surface area (Å²) in [5.74, 6) is 2.25. The molecule has 0 amide bonds. The molecule has 0 saturated carbocycles. The second-order valence-electron chi connectivity index (χ2n) is 6.22. The Labute approximate surface area is 173 Å². The molecule has 0 saturated heterocycles. The molecule has 1 atom stereocenters. The Hall–Kier alpha value is -1.61. The topological polar surface area (TPSA) is 65.7 Å². The van der Waals surface area contributed by atoms with Crippen LogP contribution in [0.4, 0.5) is 0 Å².